The molecule has 0 aliphatic heterocycles. The van der Waals surface area contributed by atoms with E-state index in [4.69, 9.17) is 4.74 Å². The fraction of sp³-hybridized carbons (Fsp3) is 0.200. The molecule has 0 unspecified atom stereocenters. The number of H-pyrrole nitrogens is 1. The summed E-state index contributed by atoms with van der Waals surface area (Å²) in [5, 5.41) is 24.0. The molecule has 0 bridgehead atoms. The lowest BCUT2D eigenvalue weighted by atomic mass is 10.0. The van der Waals surface area contributed by atoms with Gasteiger partial charge in [0, 0.05) is 24.5 Å². The molecule has 1 atom stereocenters. The fourth-order valence-corrected chi connectivity index (χ4v) is 3.04. The Balaban J connectivity index is 1.75. The Morgan fingerprint density at radius 1 is 1.29 bits per heavy atom. The molecule has 0 fully saturated rings. The second-order valence-corrected chi connectivity index (χ2v) is 6.24. The summed E-state index contributed by atoms with van der Waals surface area (Å²) in [6.07, 6.45) is -0.537. The summed E-state index contributed by atoms with van der Waals surface area (Å²) < 4.78 is 19.0. The number of benzene rings is 2. The van der Waals surface area contributed by atoms with Gasteiger partial charge in [0.25, 0.3) is 0 Å². The number of aromatic hydroxyl groups is 1. The molecule has 0 amide bonds. The van der Waals surface area contributed by atoms with Crippen LogP contribution >= 0.6 is 0 Å². The molecule has 4 N–H and O–H groups in total. The van der Waals surface area contributed by atoms with Gasteiger partial charge in [-0.25, -0.2) is 4.39 Å². The molecule has 146 valence electrons. The molecule has 2 aromatic carbocycles. The number of fused-ring (bicyclic) bond motifs is 1. The van der Waals surface area contributed by atoms with Gasteiger partial charge in [-0.1, -0.05) is 6.07 Å². The zero-order valence-electron chi connectivity index (χ0n) is 15.0. The Bertz CT molecular complexity index is 1080. The Kier molecular flexibility index (Phi) is 5.72. The van der Waals surface area contributed by atoms with Gasteiger partial charge >= 0.3 is 0 Å². The van der Waals surface area contributed by atoms with Crippen LogP contribution in [0.25, 0.3) is 10.9 Å². The number of methoxy groups -OCH3 is 1. The fourth-order valence-electron chi connectivity index (χ4n) is 3.04. The lowest BCUT2D eigenvalue weighted by Crippen LogP contribution is -2.21. The van der Waals surface area contributed by atoms with E-state index in [2.05, 4.69) is 10.3 Å². The van der Waals surface area contributed by atoms with Gasteiger partial charge in [0.2, 0.25) is 5.56 Å². The van der Waals surface area contributed by atoms with Gasteiger partial charge in [0.15, 0.2) is 6.29 Å². The first-order valence-corrected chi connectivity index (χ1v) is 8.50. The molecule has 3 aromatic rings. The summed E-state index contributed by atoms with van der Waals surface area (Å²) in [7, 11) is 1.35. The monoisotopic (exact) mass is 386 g/mol. The van der Waals surface area contributed by atoms with E-state index < -0.39 is 11.9 Å². The summed E-state index contributed by atoms with van der Waals surface area (Å²) >= 11 is 0. The maximum atomic E-state index is 14.0. The first kappa shape index (κ1) is 19.5. The third kappa shape index (κ3) is 3.88. The number of nitrogens with one attached hydrogen (secondary N) is 2. The highest BCUT2D eigenvalue weighted by Crippen LogP contribution is 2.28. The molecule has 0 aliphatic rings. The van der Waals surface area contributed by atoms with Gasteiger partial charge in [0.05, 0.1) is 24.3 Å². The highest BCUT2D eigenvalue weighted by atomic mass is 19.1. The largest absolute Gasteiger partial charge is 0.506 e. The Hall–Kier alpha value is -3.23. The minimum absolute atomic E-state index is 0.0885. The average molecular weight is 386 g/mol. The number of hydrogen-bond acceptors (Lipinski definition) is 6. The number of aldehydes is 1. The number of carbonyl (C=O) groups is 1. The third-order valence-corrected chi connectivity index (χ3v) is 4.42. The predicted molar refractivity (Wildman–Crippen MR) is 101 cm³/mol. The van der Waals surface area contributed by atoms with Gasteiger partial charge in [-0.3, -0.25) is 9.59 Å². The van der Waals surface area contributed by atoms with E-state index in [1.54, 1.807) is 12.1 Å². The molecule has 0 spiro atoms. The van der Waals surface area contributed by atoms with Gasteiger partial charge in [-0.15, -0.1) is 0 Å². The average Bonchev–Trinajstić information content (AvgIpc) is 2.68. The number of phenols is 1. The number of carbonyl (C=O) groups excluding carboxylic acids is 1. The maximum absolute atomic E-state index is 14.0. The number of ether oxygens (including phenoxy) is 1. The minimum Gasteiger partial charge on any atom is -0.506 e. The number of aliphatic hydroxyl groups is 1. The van der Waals surface area contributed by atoms with E-state index in [9.17, 15) is 24.2 Å². The molecule has 28 heavy (non-hydrogen) atoms. The van der Waals surface area contributed by atoms with Crippen molar-refractivity contribution in [2.24, 2.45) is 0 Å². The molecule has 0 radical (unpaired) electrons. The summed E-state index contributed by atoms with van der Waals surface area (Å²) in [4.78, 5) is 24.9. The van der Waals surface area contributed by atoms with Crippen LogP contribution in [0.2, 0.25) is 0 Å². The third-order valence-electron chi connectivity index (χ3n) is 4.42. The quantitative estimate of drug-likeness (QED) is 0.462. The van der Waals surface area contributed by atoms with Crippen LogP contribution in [0.15, 0.2) is 41.2 Å². The van der Waals surface area contributed by atoms with Crippen LogP contribution in [-0.2, 0) is 6.54 Å². The van der Waals surface area contributed by atoms with Crippen molar-refractivity contribution in [2.45, 2.75) is 12.6 Å². The minimum atomic E-state index is -0.935. The number of aromatic amines is 1. The SMILES string of the molecule is COc1cc(CNC[C@H](O)c2ccc(O)c3[nH]c(=O)ccc23)cc(F)c1C=O. The van der Waals surface area contributed by atoms with Crippen molar-refractivity contribution in [2.75, 3.05) is 13.7 Å². The number of aromatic nitrogens is 1. The van der Waals surface area contributed by atoms with Gasteiger partial charge < -0.3 is 25.3 Å². The normalized spacial score (nSPS) is 12.1. The molecule has 0 saturated heterocycles. The lowest BCUT2D eigenvalue weighted by molar-refractivity contribution is 0.111. The van der Waals surface area contributed by atoms with Gasteiger partial charge in [0.1, 0.15) is 17.3 Å². The Labute approximate surface area is 159 Å². The van der Waals surface area contributed by atoms with Crippen molar-refractivity contribution >= 4 is 17.2 Å². The van der Waals surface area contributed by atoms with E-state index in [0.717, 1.165) is 0 Å². The first-order valence-electron chi connectivity index (χ1n) is 8.50. The molecule has 7 nitrogen and oxygen atoms in total. The second-order valence-electron chi connectivity index (χ2n) is 6.24. The Morgan fingerprint density at radius 3 is 2.79 bits per heavy atom. The molecule has 0 aliphatic carbocycles. The molecule has 1 aromatic heterocycles. The predicted octanol–water partition coefficient (Wildman–Crippen LogP) is 2.02. The van der Waals surface area contributed by atoms with Crippen LogP contribution in [-0.4, -0.2) is 35.1 Å². The van der Waals surface area contributed by atoms with Crippen molar-refractivity contribution in [1.29, 1.82) is 0 Å². The highest BCUT2D eigenvalue weighted by Gasteiger charge is 2.15. The highest BCUT2D eigenvalue weighted by molar-refractivity contribution is 5.87. The summed E-state index contributed by atoms with van der Waals surface area (Å²) in [6, 6.07) is 8.60. The van der Waals surface area contributed by atoms with Crippen LogP contribution in [0, 0.1) is 5.82 Å². The maximum Gasteiger partial charge on any atom is 0.248 e. The summed E-state index contributed by atoms with van der Waals surface area (Å²) in [5.41, 5.74) is 0.821. The smallest absolute Gasteiger partial charge is 0.248 e. The van der Waals surface area contributed by atoms with Crippen LogP contribution < -0.4 is 15.6 Å². The summed E-state index contributed by atoms with van der Waals surface area (Å²) in [6.45, 7) is 0.370. The molecule has 1 heterocycles. The van der Waals surface area contributed by atoms with E-state index in [1.165, 1.54) is 31.4 Å². The Morgan fingerprint density at radius 2 is 2.07 bits per heavy atom. The van der Waals surface area contributed by atoms with Crippen molar-refractivity contribution in [3.05, 3.63) is 69.3 Å². The number of hydrogen-bond donors (Lipinski definition) is 4. The number of aliphatic hydroxyl groups excluding tert-OH is 1. The van der Waals surface area contributed by atoms with Gasteiger partial charge in [-0.05, 0) is 35.4 Å². The van der Waals surface area contributed by atoms with Crippen molar-refractivity contribution in [3.8, 4) is 11.5 Å². The van der Waals surface area contributed by atoms with Crippen molar-refractivity contribution in [3.63, 3.8) is 0 Å². The zero-order valence-corrected chi connectivity index (χ0v) is 15.0. The van der Waals surface area contributed by atoms with Crippen molar-refractivity contribution in [1.82, 2.24) is 10.3 Å². The van der Waals surface area contributed by atoms with Crippen LogP contribution in [0.4, 0.5) is 4.39 Å². The van der Waals surface area contributed by atoms with Crippen LogP contribution in [0.3, 0.4) is 0 Å². The second kappa shape index (κ2) is 8.20. The van der Waals surface area contributed by atoms with E-state index >= 15 is 0 Å². The van der Waals surface area contributed by atoms with Crippen LogP contribution in [0.1, 0.15) is 27.6 Å². The molecule has 3 rings (SSSR count). The molecule has 8 heteroatoms. The standard InChI is InChI=1S/C20H19FN2O5/c1-28-18-7-11(6-15(21)14(18)10-24)8-22-9-17(26)12-2-4-16(25)20-13(12)3-5-19(27)23-20/h2-7,10,17,22,25-26H,8-9H2,1H3,(H,23,27)/t17-/m0/s1. The van der Waals surface area contributed by atoms with Crippen molar-refractivity contribution < 1.29 is 24.1 Å². The molecule has 0 saturated carbocycles. The van der Waals surface area contributed by atoms with E-state index in [1.807, 2.05) is 0 Å². The summed E-state index contributed by atoms with van der Waals surface area (Å²) in [5.74, 6) is -0.629. The first-order chi connectivity index (χ1) is 13.4. The van der Waals surface area contributed by atoms with Gasteiger partial charge in [-0.2, -0.15) is 0 Å². The zero-order chi connectivity index (χ0) is 20.3. The lowest BCUT2D eigenvalue weighted by Gasteiger charge is -2.16. The molecular formula is C20H19FN2O5. The number of halogens is 1. The number of phenolic OH excluding ortho intramolecular Hbond substituents is 1. The molecular weight excluding hydrogens is 367 g/mol. The number of rotatable bonds is 7. The van der Waals surface area contributed by atoms with E-state index in [0.29, 0.717) is 22.8 Å². The van der Waals surface area contributed by atoms with Crippen LogP contribution in [0.5, 0.6) is 11.5 Å². The van der Waals surface area contributed by atoms with E-state index in [-0.39, 0.29) is 41.2 Å². The number of pyridine rings is 1. The topological polar surface area (TPSA) is 112 Å².